The number of anilines is 1. The third-order valence-corrected chi connectivity index (χ3v) is 2.39. The van der Waals surface area contributed by atoms with E-state index in [0.717, 1.165) is 16.9 Å². The van der Waals surface area contributed by atoms with Crippen molar-refractivity contribution in [2.75, 3.05) is 12.3 Å². The van der Waals surface area contributed by atoms with Gasteiger partial charge in [-0.2, -0.15) is 0 Å². The molecular weight excluding hydrogens is 190 g/mol. The average Bonchev–Trinajstić information content (AvgIpc) is 2.22. The van der Waals surface area contributed by atoms with E-state index in [-0.39, 0.29) is 6.61 Å². The summed E-state index contributed by atoms with van der Waals surface area (Å²) in [6.07, 6.45) is 4.25. The Morgan fingerprint density at radius 1 is 1.33 bits per heavy atom. The molecule has 0 aliphatic carbocycles. The largest absolute Gasteiger partial charge is 0.457 e. The van der Waals surface area contributed by atoms with Crippen molar-refractivity contribution in [3.8, 4) is 5.75 Å². The van der Waals surface area contributed by atoms with Crippen LogP contribution in [0.5, 0.6) is 5.75 Å². The van der Waals surface area contributed by atoms with E-state index in [1.54, 1.807) is 12.1 Å². The molecule has 1 heterocycles. The molecular formula is C12H13NO2. The third-order valence-electron chi connectivity index (χ3n) is 2.39. The smallest absolute Gasteiger partial charge is 0.135 e. The number of aliphatic hydroxyl groups excluding tert-OH is 1. The van der Waals surface area contributed by atoms with E-state index in [4.69, 9.17) is 15.6 Å². The highest BCUT2D eigenvalue weighted by atomic mass is 16.5. The second-order valence-electron chi connectivity index (χ2n) is 3.42. The molecule has 0 saturated carbocycles. The highest BCUT2D eigenvalue weighted by Crippen LogP contribution is 2.33. The summed E-state index contributed by atoms with van der Waals surface area (Å²) in [7, 11) is 0. The number of hydrogen-bond donors (Lipinski definition) is 2. The number of nitrogen functional groups attached to an aromatic ring is 1. The number of nitrogens with two attached hydrogens (primary N) is 1. The van der Waals surface area contributed by atoms with Gasteiger partial charge in [0.1, 0.15) is 11.5 Å². The van der Waals surface area contributed by atoms with Gasteiger partial charge in [-0.15, -0.1) is 0 Å². The molecule has 0 radical (unpaired) electrons. The number of benzene rings is 1. The van der Waals surface area contributed by atoms with Crippen molar-refractivity contribution in [2.45, 2.75) is 6.42 Å². The number of fused-ring (bicyclic) bond motifs is 1. The summed E-state index contributed by atoms with van der Waals surface area (Å²) in [5, 5.41) is 8.96. The van der Waals surface area contributed by atoms with E-state index >= 15 is 0 Å². The normalized spacial score (nSPS) is 13.5. The molecule has 1 aromatic carbocycles. The zero-order chi connectivity index (χ0) is 10.8. The molecule has 3 heteroatoms. The van der Waals surface area contributed by atoms with Crippen LogP contribution in [0.25, 0.3) is 6.08 Å². The zero-order valence-electron chi connectivity index (χ0n) is 8.36. The van der Waals surface area contributed by atoms with Gasteiger partial charge in [0.15, 0.2) is 0 Å². The SMILES string of the molecule is C=C1C=Cc2c(ccc(N)c2CCO)O1. The summed E-state index contributed by atoms with van der Waals surface area (Å²) in [5.74, 6) is 1.36. The van der Waals surface area contributed by atoms with Gasteiger partial charge in [0, 0.05) is 17.9 Å². The lowest BCUT2D eigenvalue weighted by Gasteiger charge is -2.18. The first-order valence-corrected chi connectivity index (χ1v) is 4.79. The highest BCUT2D eigenvalue weighted by molar-refractivity contribution is 5.71. The Morgan fingerprint density at radius 3 is 2.87 bits per heavy atom. The minimum atomic E-state index is 0.0788. The van der Waals surface area contributed by atoms with Crippen LogP contribution in [-0.4, -0.2) is 11.7 Å². The van der Waals surface area contributed by atoms with Crippen molar-refractivity contribution in [2.24, 2.45) is 0 Å². The second-order valence-corrected chi connectivity index (χ2v) is 3.42. The van der Waals surface area contributed by atoms with Gasteiger partial charge in [0.2, 0.25) is 0 Å². The molecule has 1 aliphatic rings. The van der Waals surface area contributed by atoms with Gasteiger partial charge < -0.3 is 15.6 Å². The van der Waals surface area contributed by atoms with Gasteiger partial charge in [-0.05, 0) is 36.3 Å². The Kier molecular flexibility index (Phi) is 2.47. The molecule has 3 nitrogen and oxygen atoms in total. The summed E-state index contributed by atoms with van der Waals surface area (Å²) in [5.41, 5.74) is 8.40. The van der Waals surface area contributed by atoms with E-state index in [1.807, 2.05) is 12.1 Å². The molecule has 2 rings (SSSR count). The van der Waals surface area contributed by atoms with Crippen molar-refractivity contribution in [3.63, 3.8) is 0 Å². The van der Waals surface area contributed by atoms with Crippen molar-refractivity contribution >= 4 is 11.8 Å². The van der Waals surface area contributed by atoms with E-state index in [1.165, 1.54) is 0 Å². The van der Waals surface area contributed by atoms with Crippen LogP contribution in [0.3, 0.4) is 0 Å². The summed E-state index contributed by atoms with van der Waals surface area (Å²) < 4.78 is 5.46. The zero-order valence-corrected chi connectivity index (χ0v) is 8.36. The van der Waals surface area contributed by atoms with Crippen LogP contribution in [-0.2, 0) is 6.42 Å². The number of hydrogen-bond acceptors (Lipinski definition) is 3. The summed E-state index contributed by atoms with van der Waals surface area (Å²) in [4.78, 5) is 0. The third kappa shape index (κ3) is 1.74. The molecule has 0 spiro atoms. The predicted octanol–water partition coefficient (Wildman–Crippen LogP) is 1.72. The van der Waals surface area contributed by atoms with Crippen LogP contribution in [0.2, 0.25) is 0 Å². The first-order chi connectivity index (χ1) is 7.22. The second kappa shape index (κ2) is 3.79. The molecule has 0 amide bonds. The molecule has 1 aromatic rings. The minimum Gasteiger partial charge on any atom is -0.457 e. The fraction of sp³-hybridized carbons (Fsp3) is 0.167. The molecule has 3 N–H and O–H groups in total. The minimum absolute atomic E-state index is 0.0788. The van der Waals surface area contributed by atoms with Gasteiger partial charge in [-0.1, -0.05) is 6.58 Å². The molecule has 1 aliphatic heterocycles. The maximum atomic E-state index is 8.96. The van der Waals surface area contributed by atoms with Crippen molar-refractivity contribution in [1.82, 2.24) is 0 Å². The Morgan fingerprint density at radius 2 is 2.13 bits per heavy atom. The fourth-order valence-corrected chi connectivity index (χ4v) is 1.67. The Bertz CT molecular complexity index is 435. The summed E-state index contributed by atoms with van der Waals surface area (Å²) >= 11 is 0. The van der Waals surface area contributed by atoms with E-state index in [0.29, 0.717) is 17.9 Å². The summed E-state index contributed by atoms with van der Waals surface area (Å²) in [6, 6.07) is 3.61. The lowest BCUT2D eigenvalue weighted by atomic mass is 10.00. The lowest BCUT2D eigenvalue weighted by Crippen LogP contribution is -2.05. The van der Waals surface area contributed by atoms with Crippen LogP contribution in [0.4, 0.5) is 5.69 Å². The van der Waals surface area contributed by atoms with Crippen molar-refractivity contribution < 1.29 is 9.84 Å². The van der Waals surface area contributed by atoms with E-state index in [9.17, 15) is 0 Å². The van der Waals surface area contributed by atoms with Gasteiger partial charge >= 0.3 is 0 Å². The van der Waals surface area contributed by atoms with Gasteiger partial charge in [0.25, 0.3) is 0 Å². The van der Waals surface area contributed by atoms with Gasteiger partial charge in [-0.25, -0.2) is 0 Å². The predicted molar refractivity (Wildman–Crippen MR) is 60.4 cm³/mol. The first kappa shape index (κ1) is 9.80. The standard InChI is InChI=1S/C12H13NO2/c1-8-2-3-10-9(6-7-14)11(13)4-5-12(10)15-8/h2-5,14H,1,6-7,13H2. The van der Waals surface area contributed by atoms with Gasteiger partial charge in [-0.3, -0.25) is 0 Å². The molecule has 0 saturated heterocycles. The van der Waals surface area contributed by atoms with Crippen molar-refractivity contribution in [1.29, 1.82) is 0 Å². The molecule has 0 aromatic heterocycles. The number of ether oxygens (including phenoxy) is 1. The number of aliphatic hydroxyl groups is 1. The fourth-order valence-electron chi connectivity index (χ4n) is 1.67. The van der Waals surface area contributed by atoms with Crippen LogP contribution in [0.15, 0.2) is 30.5 Å². The monoisotopic (exact) mass is 203 g/mol. The molecule has 0 unspecified atom stereocenters. The molecule has 0 fully saturated rings. The molecule has 0 bridgehead atoms. The maximum Gasteiger partial charge on any atom is 0.135 e. The number of allylic oxidation sites excluding steroid dienone is 1. The highest BCUT2D eigenvalue weighted by Gasteiger charge is 2.14. The van der Waals surface area contributed by atoms with Crippen LogP contribution in [0, 0.1) is 0 Å². The summed E-state index contributed by atoms with van der Waals surface area (Å²) in [6.45, 7) is 3.80. The van der Waals surface area contributed by atoms with E-state index < -0.39 is 0 Å². The first-order valence-electron chi connectivity index (χ1n) is 4.79. The maximum absolute atomic E-state index is 8.96. The lowest BCUT2D eigenvalue weighted by molar-refractivity contribution is 0.299. The van der Waals surface area contributed by atoms with Crippen LogP contribution >= 0.6 is 0 Å². The Hall–Kier alpha value is -1.74. The van der Waals surface area contributed by atoms with E-state index in [2.05, 4.69) is 6.58 Å². The molecule has 0 atom stereocenters. The topological polar surface area (TPSA) is 55.5 Å². The number of rotatable bonds is 2. The quantitative estimate of drug-likeness (QED) is 0.719. The van der Waals surface area contributed by atoms with Crippen LogP contribution < -0.4 is 10.5 Å². The Labute approximate surface area is 88.5 Å². The van der Waals surface area contributed by atoms with Crippen molar-refractivity contribution in [3.05, 3.63) is 41.7 Å². The average molecular weight is 203 g/mol. The van der Waals surface area contributed by atoms with Gasteiger partial charge in [0.05, 0.1) is 0 Å². The Balaban J connectivity index is 2.53. The molecule has 78 valence electrons. The molecule has 15 heavy (non-hydrogen) atoms. The van der Waals surface area contributed by atoms with Crippen LogP contribution in [0.1, 0.15) is 11.1 Å².